The summed E-state index contributed by atoms with van der Waals surface area (Å²) in [5, 5.41) is 15.6. The summed E-state index contributed by atoms with van der Waals surface area (Å²) < 4.78 is 27.3. The van der Waals surface area contributed by atoms with Gasteiger partial charge in [0.15, 0.2) is 0 Å². The first-order valence-electron chi connectivity index (χ1n) is 5.81. The highest BCUT2D eigenvalue weighted by Gasteiger charge is 2.24. The first kappa shape index (κ1) is 13.9. The average molecular weight is 321 g/mol. The molecule has 0 spiro atoms. The summed E-state index contributed by atoms with van der Waals surface area (Å²) in [4.78, 5) is 0. The largest absolute Gasteiger partial charge is 0.391 e. The lowest BCUT2D eigenvalue weighted by Crippen LogP contribution is -2.30. The molecule has 6 heteroatoms. The van der Waals surface area contributed by atoms with Gasteiger partial charge in [-0.05, 0) is 28.1 Å². The first-order valence-corrected chi connectivity index (χ1v) is 6.60. The van der Waals surface area contributed by atoms with Crippen LogP contribution in [0, 0.1) is 17.6 Å². The third-order valence-corrected chi connectivity index (χ3v) is 3.76. The third-order valence-electron chi connectivity index (χ3n) is 3.15. The van der Waals surface area contributed by atoms with E-state index in [-0.39, 0.29) is 22.5 Å². The van der Waals surface area contributed by atoms with Crippen LogP contribution >= 0.6 is 15.9 Å². The normalized spacial score (nSPS) is 23.6. The molecule has 0 bridgehead atoms. The summed E-state index contributed by atoms with van der Waals surface area (Å²) in [5.41, 5.74) is 0.0184. The number of β-amino-alcohol motifs (C(OH)–C–C–N with tert-alkyl or cyclic N) is 1. The van der Waals surface area contributed by atoms with Gasteiger partial charge >= 0.3 is 0 Å². The van der Waals surface area contributed by atoms with Gasteiger partial charge in [-0.25, -0.2) is 8.78 Å². The van der Waals surface area contributed by atoms with Gasteiger partial charge in [0.25, 0.3) is 0 Å². The average Bonchev–Trinajstić information content (AvgIpc) is 2.74. The van der Waals surface area contributed by atoms with Crippen LogP contribution in [-0.4, -0.2) is 30.8 Å². The lowest BCUT2D eigenvalue weighted by Gasteiger charge is -2.14. The van der Waals surface area contributed by atoms with Crippen LogP contribution in [-0.2, 0) is 6.54 Å². The van der Waals surface area contributed by atoms with Crippen LogP contribution < -0.4 is 10.6 Å². The zero-order valence-electron chi connectivity index (χ0n) is 9.72. The summed E-state index contributed by atoms with van der Waals surface area (Å²) in [6.45, 7) is 1.93. The van der Waals surface area contributed by atoms with Crippen molar-refractivity contribution >= 4 is 15.9 Å². The highest BCUT2D eigenvalue weighted by atomic mass is 79.9. The third kappa shape index (κ3) is 3.06. The molecule has 1 aliphatic heterocycles. The van der Waals surface area contributed by atoms with Crippen LogP contribution in [0.25, 0.3) is 0 Å². The lowest BCUT2D eigenvalue weighted by molar-refractivity contribution is 0.146. The number of aliphatic hydroxyl groups excluding tert-OH is 1. The second kappa shape index (κ2) is 6.06. The van der Waals surface area contributed by atoms with Crippen molar-refractivity contribution in [2.24, 2.45) is 5.92 Å². The smallest absolute Gasteiger partial charge is 0.144 e. The Morgan fingerprint density at radius 1 is 1.39 bits per heavy atom. The van der Waals surface area contributed by atoms with E-state index in [1.165, 1.54) is 12.1 Å². The maximum absolute atomic E-state index is 13.7. The Balaban J connectivity index is 1.92. The van der Waals surface area contributed by atoms with Crippen molar-refractivity contribution in [3.8, 4) is 0 Å². The molecule has 0 aromatic heterocycles. The van der Waals surface area contributed by atoms with Gasteiger partial charge in [-0.1, -0.05) is 0 Å². The van der Waals surface area contributed by atoms with E-state index in [2.05, 4.69) is 26.6 Å². The second-order valence-corrected chi connectivity index (χ2v) is 5.29. The van der Waals surface area contributed by atoms with E-state index >= 15 is 0 Å². The highest BCUT2D eigenvalue weighted by Crippen LogP contribution is 2.21. The molecule has 100 valence electrons. The quantitative estimate of drug-likeness (QED) is 0.735. The monoisotopic (exact) mass is 320 g/mol. The molecule has 1 heterocycles. The van der Waals surface area contributed by atoms with Crippen LogP contribution in [0.5, 0.6) is 0 Å². The predicted octanol–water partition coefficient (Wildman–Crippen LogP) is 1.40. The topological polar surface area (TPSA) is 44.3 Å². The van der Waals surface area contributed by atoms with E-state index < -0.39 is 17.7 Å². The Hall–Kier alpha value is -0.560. The van der Waals surface area contributed by atoms with Gasteiger partial charge in [0, 0.05) is 37.7 Å². The molecule has 1 saturated heterocycles. The van der Waals surface area contributed by atoms with E-state index in [1.807, 2.05) is 0 Å². The maximum Gasteiger partial charge on any atom is 0.144 e. The molecule has 3 N–H and O–H groups in total. The van der Waals surface area contributed by atoms with Gasteiger partial charge in [0.1, 0.15) is 11.6 Å². The van der Waals surface area contributed by atoms with E-state index in [0.29, 0.717) is 13.1 Å². The molecule has 2 unspecified atom stereocenters. The second-order valence-electron chi connectivity index (χ2n) is 4.44. The van der Waals surface area contributed by atoms with Crippen molar-refractivity contribution in [2.75, 3.05) is 19.6 Å². The minimum Gasteiger partial charge on any atom is -0.391 e. The van der Waals surface area contributed by atoms with Crippen LogP contribution in [0.4, 0.5) is 8.78 Å². The minimum atomic E-state index is -0.576. The van der Waals surface area contributed by atoms with Crippen LogP contribution in [0.2, 0.25) is 0 Å². The number of halogens is 3. The SMILES string of the molecule is OC1CNCC1CNCc1c(F)ccc(Br)c1F. The summed E-state index contributed by atoms with van der Waals surface area (Å²) >= 11 is 3.03. The van der Waals surface area contributed by atoms with Crippen molar-refractivity contribution < 1.29 is 13.9 Å². The number of hydrogen-bond donors (Lipinski definition) is 3. The van der Waals surface area contributed by atoms with E-state index in [9.17, 15) is 13.9 Å². The van der Waals surface area contributed by atoms with Crippen molar-refractivity contribution in [3.05, 3.63) is 33.8 Å². The fraction of sp³-hybridized carbons (Fsp3) is 0.500. The standard InChI is InChI=1S/C12H15BrF2N2O/c13-9-1-2-10(14)8(12(9)15)5-16-3-7-4-17-6-11(7)18/h1-2,7,11,16-18H,3-6H2. The number of benzene rings is 1. The molecule has 2 rings (SSSR count). The molecule has 1 aliphatic rings. The van der Waals surface area contributed by atoms with Gasteiger partial charge in [-0.15, -0.1) is 0 Å². The summed E-state index contributed by atoms with van der Waals surface area (Å²) in [6, 6.07) is 2.58. The fourth-order valence-corrected chi connectivity index (χ4v) is 2.41. The molecule has 1 fully saturated rings. The molecular weight excluding hydrogens is 306 g/mol. The molecule has 0 amide bonds. The number of nitrogens with one attached hydrogen (secondary N) is 2. The molecule has 2 atom stereocenters. The molecule has 0 saturated carbocycles. The Morgan fingerprint density at radius 2 is 2.17 bits per heavy atom. The van der Waals surface area contributed by atoms with Crippen molar-refractivity contribution in [1.29, 1.82) is 0 Å². The molecule has 0 aliphatic carbocycles. The maximum atomic E-state index is 13.7. The Morgan fingerprint density at radius 3 is 2.83 bits per heavy atom. The Labute approximate surface area is 113 Å². The molecule has 3 nitrogen and oxygen atoms in total. The van der Waals surface area contributed by atoms with Gasteiger partial charge in [0.05, 0.1) is 10.6 Å². The van der Waals surface area contributed by atoms with Crippen LogP contribution in [0.1, 0.15) is 5.56 Å². The zero-order valence-corrected chi connectivity index (χ0v) is 11.3. The molecule has 18 heavy (non-hydrogen) atoms. The fourth-order valence-electron chi connectivity index (χ4n) is 2.04. The Bertz CT molecular complexity index is 431. The molecule has 1 aromatic carbocycles. The van der Waals surface area contributed by atoms with E-state index in [0.717, 1.165) is 6.54 Å². The molecule has 1 aromatic rings. The lowest BCUT2D eigenvalue weighted by atomic mass is 10.1. The van der Waals surface area contributed by atoms with Gasteiger partial charge < -0.3 is 15.7 Å². The first-order chi connectivity index (χ1) is 8.59. The summed E-state index contributed by atoms with van der Waals surface area (Å²) in [5.74, 6) is -1.05. The van der Waals surface area contributed by atoms with Crippen LogP contribution in [0.3, 0.4) is 0 Å². The summed E-state index contributed by atoms with van der Waals surface area (Å²) in [6.07, 6.45) is -0.394. The Kier molecular flexibility index (Phi) is 4.66. The predicted molar refractivity (Wildman–Crippen MR) is 68.1 cm³/mol. The highest BCUT2D eigenvalue weighted by molar-refractivity contribution is 9.10. The van der Waals surface area contributed by atoms with Crippen molar-refractivity contribution in [2.45, 2.75) is 12.6 Å². The zero-order chi connectivity index (χ0) is 13.1. The summed E-state index contributed by atoms with van der Waals surface area (Å²) in [7, 11) is 0. The van der Waals surface area contributed by atoms with E-state index in [4.69, 9.17) is 0 Å². The van der Waals surface area contributed by atoms with Crippen LogP contribution in [0.15, 0.2) is 16.6 Å². The number of rotatable bonds is 4. The van der Waals surface area contributed by atoms with Crippen molar-refractivity contribution in [1.82, 2.24) is 10.6 Å². The van der Waals surface area contributed by atoms with Gasteiger partial charge in [-0.2, -0.15) is 0 Å². The molecular formula is C12H15BrF2N2O. The van der Waals surface area contributed by atoms with Gasteiger partial charge in [-0.3, -0.25) is 0 Å². The minimum absolute atomic E-state index is 0.0184. The van der Waals surface area contributed by atoms with Gasteiger partial charge in [0.2, 0.25) is 0 Å². The molecule has 0 radical (unpaired) electrons. The van der Waals surface area contributed by atoms with E-state index in [1.54, 1.807) is 0 Å². The number of aliphatic hydroxyl groups is 1. The van der Waals surface area contributed by atoms with Crippen molar-refractivity contribution in [3.63, 3.8) is 0 Å². The number of hydrogen-bond acceptors (Lipinski definition) is 3.